The number of aliphatic carboxylic acids is 1. The first-order chi connectivity index (χ1) is 3.46. The monoisotopic (exact) mass is 218 g/mol. The van der Waals surface area contributed by atoms with Crippen LogP contribution in [-0.2, 0) is 21.9 Å². The van der Waals surface area contributed by atoms with E-state index in [0.29, 0.717) is 0 Å². The zero-order chi connectivity index (χ0) is 7.15. The van der Waals surface area contributed by atoms with Gasteiger partial charge in [-0.2, -0.15) is 0 Å². The average molecular weight is 219 g/mol. The molecule has 0 heterocycles. The number of hydrogen-bond acceptors (Lipinski definition) is 3. The van der Waals surface area contributed by atoms with Crippen molar-refractivity contribution in [2.75, 3.05) is 0 Å². The molecule has 0 saturated heterocycles. The van der Waals surface area contributed by atoms with Crippen molar-refractivity contribution in [1.82, 2.24) is 6.15 Å². The van der Waals surface area contributed by atoms with Crippen molar-refractivity contribution in [3.8, 4) is 0 Å². The molecule has 0 bridgehead atoms. The van der Waals surface area contributed by atoms with Crippen molar-refractivity contribution in [2.45, 2.75) is 6.92 Å². The molecule has 0 radical (unpaired) electrons. The van der Waals surface area contributed by atoms with Gasteiger partial charge in [-0.25, -0.2) is 4.79 Å². The van der Waals surface area contributed by atoms with E-state index < -0.39 is 12.1 Å². The first kappa shape index (κ1) is 32.0. The summed E-state index contributed by atoms with van der Waals surface area (Å²) in [4.78, 5) is 17.6. The molecule has 0 unspecified atom stereocenters. The summed E-state index contributed by atoms with van der Waals surface area (Å²) in [7, 11) is 0. The van der Waals surface area contributed by atoms with Gasteiger partial charge in [-0.1, -0.05) is 0 Å². The fourth-order valence-electron chi connectivity index (χ4n) is 0. The average Bonchev–Trinajstić information content (AvgIpc) is 1.25. The van der Waals surface area contributed by atoms with Crippen LogP contribution in [0, 0.1) is 0 Å². The van der Waals surface area contributed by atoms with E-state index >= 15 is 0 Å². The Balaban J connectivity index is -0.0000000171. The van der Waals surface area contributed by atoms with Crippen LogP contribution in [0.1, 0.15) is 6.92 Å². The third-order valence-corrected chi connectivity index (χ3v) is 0. The molecule has 74 valence electrons. The van der Waals surface area contributed by atoms with Crippen molar-refractivity contribution >= 4 is 12.1 Å². The van der Waals surface area contributed by atoms with Gasteiger partial charge in [0.05, 0.1) is 0 Å². The SMILES string of the molecule is CC(=O)O.N.O=C(O)O.[Cu+].[NH2-]. The Morgan fingerprint density at radius 2 is 1.09 bits per heavy atom. The Morgan fingerprint density at radius 3 is 1.09 bits per heavy atom. The van der Waals surface area contributed by atoms with Gasteiger partial charge in [0.25, 0.3) is 5.97 Å². The van der Waals surface area contributed by atoms with Crippen molar-refractivity contribution in [1.29, 1.82) is 0 Å². The summed E-state index contributed by atoms with van der Waals surface area (Å²) in [5.74, 6) is -0.833. The van der Waals surface area contributed by atoms with E-state index in [2.05, 4.69) is 0 Å². The number of carboxylic acids is 1. The normalized spacial score (nSPS) is 4.45. The minimum absolute atomic E-state index is 0. The van der Waals surface area contributed by atoms with Gasteiger partial charge < -0.3 is 27.6 Å². The van der Waals surface area contributed by atoms with Gasteiger partial charge in [0.2, 0.25) is 0 Å². The smallest absolute Gasteiger partial charge is 0.693 e. The molecule has 0 fully saturated rings. The van der Waals surface area contributed by atoms with Gasteiger partial charge in [0, 0.05) is 6.92 Å². The summed E-state index contributed by atoms with van der Waals surface area (Å²) in [6, 6.07) is 0. The van der Waals surface area contributed by atoms with Crippen LogP contribution in [0.5, 0.6) is 0 Å². The maximum absolute atomic E-state index is 9.00. The summed E-state index contributed by atoms with van der Waals surface area (Å²) < 4.78 is 0. The summed E-state index contributed by atoms with van der Waals surface area (Å²) in [5, 5.41) is 21.4. The van der Waals surface area contributed by atoms with Crippen LogP contribution in [0.2, 0.25) is 0 Å². The van der Waals surface area contributed by atoms with E-state index in [1.807, 2.05) is 0 Å². The molecule has 0 amide bonds. The quantitative estimate of drug-likeness (QED) is 0.446. The number of nitrogens with two attached hydrogens (primary N) is 1. The Bertz CT molecular complexity index is 77.7. The summed E-state index contributed by atoms with van der Waals surface area (Å²) in [6.45, 7) is 1.08. The molecule has 0 aliphatic heterocycles. The Morgan fingerprint density at radius 1 is 1.09 bits per heavy atom. The Labute approximate surface area is 74.0 Å². The van der Waals surface area contributed by atoms with Crippen LogP contribution >= 0.6 is 0 Å². The van der Waals surface area contributed by atoms with Crippen LogP contribution in [0.25, 0.3) is 6.15 Å². The molecular formula is C3H11CuN2O5. The van der Waals surface area contributed by atoms with Crippen LogP contribution in [0.4, 0.5) is 4.79 Å². The molecule has 0 atom stereocenters. The number of carboxylic acid groups (broad SMARTS) is 3. The molecule has 0 rings (SSSR count). The zero-order valence-corrected chi connectivity index (χ0v) is 6.69. The zero-order valence-electron chi connectivity index (χ0n) is 5.74. The number of carbonyl (C=O) groups is 2. The second-order valence-electron chi connectivity index (χ2n) is 0.802. The van der Waals surface area contributed by atoms with Crippen LogP contribution < -0.4 is 6.15 Å². The van der Waals surface area contributed by atoms with Crippen molar-refractivity contribution < 1.29 is 42.0 Å². The molecule has 8 heteroatoms. The van der Waals surface area contributed by atoms with Gasteiger partial charge in [-0.05, 0) is 0 Å². The molecule has 0 aromatic rings. The van der Waals surface area contributed by atoms with Crippen LogP contribution in [0.3, 0.4) is 0 Å². The molecule has 8 N–H and O–H groups in total. The summed E-state index contributed by atoms with van der Waals surface area (Å²) in [6.07, 6.45) is -1.83. The predicted octanol–water partition coefficient (Wildman–Crippen LogP) is 1.19. The molecule has 0 aromatic carbocycles. The largest absolute Gasteiger partial charge is 1.00 e. The molecule has 0 aliphatic rings. The van der Waals surface area contributed by atoms with E-state index in [0.717, 1.165) is 6.92 Å². The summed E-state index contributed by atoms with van der Waals surface area (Å²) >= 11 is 0. The van der Waals surface area contributed by atoms with Gasteiger partial charge in [-0.3, -0.25) is 4.79 Å². The third kappa shape index (κ3) is 703. The standard InChI is InChI=1S/C2H4O2.CH2O3.Cu.H3N.H2N/c1-2(3)4;2-1(3)4;;;/h1H3,(H,3,4);(H2,2,3,4);;1H3;1H2/q;;+1;;-1. The van der Waals surface area contributed by atoms with E-state index in [9.17, 15) is 0 Å². The van der Waals surface area contributed by atoms with Crippen molar-refractivity contribution in [3.05, 3.63) is 6.15 Å². The number of rotatable bonds is 0. The van der Waals surface area contributed by atoms with Crippen LogP contribution in [-0.4, -0.2) is 27.4 Å². The first-order valence-corrected chi connectivity index (χ1v) is 1.58. The molecule has 7 nitrogen and oxygen atoms in total. The van der Waals surface area contributed by atoms with E-state index in [-0.39, 0.29) is 29.4 Å². The van der Waals surface area contributed by atoms with Crippen molar-refractivity contribution in [2.24, 2.45) is 0 Å². The second-order valence-corrected chi connectivity index (χ2v) is 0.802. The Hall–Kier alpha value is -0.821. The van der Waals surface area contributed by atoms with E-state index in [4.69, 9.17) is 24.9 Å². The van der Waals surface area contributed by atoms with Gasteiger partial charge >= 0.3 is 23.2 Å². The maximum atomic E-state index is 9.00. The Kier molecular flexibility index (Phi) is 66.5. The molecule has 0 spiro atoms. The predicted molar refractivity (Wildman–Crippen MR) is 34.3 cm³/mol. The minimum Gasteiger partial charge on any atom is -0.693 e. The van der Waals surface area contributed by atoms with Gasteiger partial charge in [-0.15, -0.1) is 0 Å². The fourth-order valence-corrected chi connectivity index (χ4v) is 0. The van der Waals surface area contributed by atoms with Gasteiger partial charge in [0.15, 0.2) is 0 Å². The third-order valence-electron chi connectivity index (χ3n) is 0. The second kappa shape index (κ2) is 22.9. The van der Waals surface area contributed by atoms with E-state index in [1.165, 1.54) is 0 Å². The molecule has 0 aromatic heterocycles. The minimum atomic E-state index is -1.83. The van der Waals surface area contributed by atoms with Gasteiger partial charge in [0.1, 0.15) is 0 Å². The topological polar surface area (TPSA) is 163 Å². The first-order valence-electron chi connectivity index (χ1n) is 1.58. The van der Waals surface area contributed by atoms with E-state index in [1.54, 1.807) is 0 Å². The van der Waals surface area contributed by atoms with Crippen molar-refractivity contribution in [3.63, 3.8) is 0 Å². The van der Waals surface area contributed by atoms with Crippen LogP contribution in [0.15, 0.2) is 0 Å². The fraction of sp³-hybridized carbons (Fsp3) is 0.333. The summed E-state index contributed by atoms with van der Waals surface area (Å²) in [5.41, 5.74) is 0. The number of hydrogen-bond donors (Lipinski definition) is 4. The molecular weight excluding hydrogens is 208 g/mol. The molecule has 11 heavy (non-hydrogen) atoms. The molecule has 0 saturated carbocycles. The molecule has 0 aliphatic carbocycles. The maximum Gasteiger partial charge on any atom is 1.00 e.